The molecule has 0 bridgehead atoms. The molecule has 1 amide bonds. The van der Waals surface area contributed by atoms with Crippen LogP contribution >= 0.6 is 0 Å². The van der Waals surface area contributed by atoms with Crippen molar-refractivity contribution in [3.63, 3.8) is 0 Å². The van der Waals surface area contributed by atoms with Gasteiger partial charge in [0.15, 0.2) is 5.69 Å². The molecule has 2 aromatic carbocycles. The minimum absolute atomic E-state index is 0.0773. The van der Waals surface area contributed by atoms with Crippen molar-refractivity contribution >= 4 is 5.91 Å². The zero-order chi connectivity index (χ0) is 27.0. The second kappa shape index (κ2) is 10.4. The lowest BCUT2D eigenvalue weighted by Crippen LogP contribution is -2.47. The van der Waals surface area contributed by atoms with Crippen LogP contribution in [0.3, 0.4) is 0 Å². The van der Waals surface area contributed by atoms with E-state index in [-0.39, 0.29) is 17.9 Å². The molecule has 0 atom stereocenters. The number of piperazine rings is 1. The van der Waals surface area contributed by atoms with Gasteiger partial charge in [-0.15, -0.1) is 0 Å². The number of hydrogen-bond donors (Lipinski definition) is 1. The summed E-state index contributed by atoms with van der Waals surface area (Å²) >= 11 is 0. The van der Waals surface area contributed by atoms with E-state index >= 15 is 0 Å². The highest BCUT2D eigenvalue weighted by molar-refractivity contribution is 5.94. The minimum atomic E-state index is -0.0946. The molecule has 1 saturated heterocycles. The van der Waals surface area contributed by atoms with Crippen molar-refractivity contribution in [3.05, 3.63) is 77.0 Å². The van der Waals surface area contributed by atoms with E-state index in [0.717, 1.165) is 67.8 Å². The first-order valence-electron chi connectivity index (χ1n) is 13.6. The van der Waals surface area contributed by atoms with Crippen LogP contribution in [0.2, 0.25) is 0 Å². The number of aromatic nitrogens is 4. The Morgan fingerprint density at radius 1 is 1.05 bits per heavy atom. The average molecular weight is 527 g/mol. The van der Waals surface area contributed by atoms with E-state index in [1.807, 2.05) is 59.0 Å². The Labute approximate surface area is 228 Å². The molecule has 2 aromatic heterocycles. The van der Waals surface area contributed by atoms with Gasteiger partial charge < -0.3 is 19.4 Å². The van der Waals surface area contributed by atoms with Crippen LogP contribution in [0.5, 0.6) is 0 Å². The number of rotatable bonds is 7. The molecule has 1 N–H and O–H groups in total. The first kappa shape index (κ1) is 25.5. The van der Waals surface area contributed by atoms with Crippen LogP contribution in [0.25, 0.3) is 23.0 Å². The highest BCUT2D eigenvalue weighted by atomic mass is 16.5. The zero-order valence-corrected chi connectivity index (χ0v) is 22.5. The number of aryl methyl sites for hydroxylation is 1. The molecule has 2 fully saturated rings. The molecule has 4 aromatic rings. The Bertz CT molecular complexity index is 1460. The Hall–Kier alpha value is -3.82. The summed E-state index contributed by atoms with van der Waals surface area (Å²) in [5.41, 5.74) is 5.21. The second-order valence-corrected chi connectivity index (χ2v) is 10.9. The SMILES string of the molecule is Cc1cc(-c2nc(-c3ccc(C4(CO)CCC4)cc3)no2)nn1Cc1cccc(C(=O)N2CCN(C)CC2)c1. The van der Waals surface area contributed by atoms with Gasteiger partial charge in [-0.2, -0.15) is 10.1 Å². The summed E-state index contributed by atoms with van der Waals surface area (Å²) in [6, 6.07) is 17.8. The molecule has 1 aliphatic heterocycles. The maximum absolute atomic E-state index is 13.0. The van der Waals surface area contributed by atoms with Gasteiger partial charge in [0.25, 0.3) is 11.8 Å². The summed E-state index contributed by atoms with van der Waals surface area (Å²) in [5.74, 6) is 0.944. The Balaban J connectivity index is 1.16. The van der Waals surface area contributed by atoms with E-state index < -0.39 is 0 Å². The van der Waals surface area contributed by atoms with Crippen molar-refractivity contribution in [2.24, 2.45) is 0 Å². The first-order chi connectivity index (χ1) is 18.9. The molecular formula is C30H34N6O3. The number of aliphatic hydroxyl groups is 1. The van der Waals surface area contributed by atoms with E-state index in [4.69, 9.17) is 9.62 Å². The van der Waals surface area contributed by atoms with Gasteiger partial charge in [-0.3, -0.25) is 9.48 Å². The molecule has 2 aliphatic rings. The lowest BCUT2D eigenvalue weighted by atomic mass is 9.65. The van der Waals surface area contributed by atoms with Crippen LogP contribution in [-0.4, -0.2) is 80.6 Å². The van der Waals surface area contributed by atoms with Gasteiger partial charge in [-0.05, 0) is 56.1 Å². The Morgan fingerprint density at radius 3 is 2.51 bits per heavy atom. The largest absolute Gasteiger partial charge is 0.395 e. The maximum Gasteiger partial charge on any atom is 0.278 e. The van der Waals surface area contributed by atoms with E-state index in [0.29, 0.717) is 29.5 Å². The third-order valence-corrected chi connectivity index (χ3v) is 8.29. The third-order valence-electron chi connectivity index (χ3n) is 8.29. The number of carbonyl (C=O) groups is 1. The molecule has 6 rings (SSSR count). The number of aliphatic hydroxyl groups excluding tert-OH is 1. The third kappa shape index (κ3) is 4.99. The lowest BCUT2D eigenvalue weighted by Gasteiger charge is -2.40. The maximum atomic E-state index is 13.0. The monoisotopic (exact) mass is 526 g/mol. The number of hydrogen-bond acceptors (Lipinski definition) is 7. The second-order valence-electron chi connectivity index (χ2n) is 10.9. The summed E-state index contributed by atoms with van der Waals surface area (Å²) in [6.45, 7) is 6.00. The summed E-state index contributed by atoms with van der Waals surface area (Å²) < 4.78 is 7.46. The van der Waals surface area contributed by atoms with Crippen LogP contribution in [0.1, 0.15) is 46.4 Å². The smallest absolute Gasteiger partial charge is 0.278 e. The average Bonchev–Trinajstić information content (AvgIpc) is 3.56. The normalized spacial score (nSPS) is 17.3. The fraction of sp³-hybridized carbons (Fsp3) is 0.400. The van der Waals surface area contributed by atoms with Gasteiger partial charge in [-0.25, -0.2) is 0 Å². The fourth-order valence-corrected chi connectivity index (χ4v) is 5.50. The van der Waals surface area contributed by atoms with Crippen molar-refractivity contribution in [2.75, 3.05) is 39.8 Å². The number of nitrogens with zero attached hydrogens (tertiary/aromatic N) is 6. The number of amides is 1. The number of benzene rings is 2. The van der Waals surface area contributed by atoms with E-state index in [1.165, 1.54) is 0 Å². The van der Waals surface area contributed by atoms with E-state index in [9.17, 15) is 9.90 Å². The van der Waals surface area contributed by atoms with Crippen LogP contribution < -0.4 is 0 Å². The predicted octanol–water partition coefficient (Wildman–Crippen LogP) is 3.76. The van der Waals surface area contributed by atoms with Crippen molar-refractivity contribution in [2.45, 2.75) is 38.1 Å². The standard InChI is InChI=1S/C30H34N6O3/c1-21-17-26(28-31-27(33-39-28)23-7-9-25(10-8-23)30(20-37)11-4-12-30)32-36(21)19-22-5-3-6-24(18-22)29(38)35-15-13-34(2)14-16-35/h3,5-10,17-18,37H,4,11-16,19-20H2,1-2H3. The molecule has 0 spiro atoms. The molecule has 9 nitrogen and oxygen atoms in total. The lowest BCUT2D eigenvalue weighted by molar-refractivity contribution is 0.0664. The molecule has 1 aliphatic carbocycles. The van der Waals surface area contributed by atoms with Crippen molar-refractivity contribution < 1.29 is 14.4 Å². The summed E-state index contributed by atoms with van der Waals surface area (Å²) in [5, 5.41) is 18.8. The van der Waals surface area contributed by atoms with Crippen LogP contribution in [0, 0.1) is 6.92 Å². The van der Waals surface area contributed by atoms with Crippen molar-refractivity contribution in [1.82, 2.24) is 29.7 Å². The van der Waals surface area contributed by atoms with E-state index in [1.54, 1.807) is 0 Å². The fourth-order valence-electron chi connectivity index (χ4n) is 5.50. The van der Waals surface area contributed by atoms with Gasteiger partial charge >= 0.3 is 0 Å². The highest BCUT2D eigenvalue weighted by Gasteiger charge is 2.37. The first-order valence-corrected chi connectivity index (χ1v) is 13.6. The molecule has 0 radical (unpaired) electrons. The molecule has 9 heteroatoms. The molecule has 0 unspecified atom stereocenters. The number of carbonyl (C=O) groups excluding carboxylic acids is 1. The zero-order valence-electron chi connectivity index (χ0n) is 22.5. The van der Waals surface area contributed by atoms with Gasteiger partial charge in [0, 0.05) is 48.4 Å². The quantitative estimate of drug-likeness (QED) is 0.391. The van der Waals surface area contributed by atoms with Gasteiger partial charge in [0.05, 0.1) is 13.2 Å². The van der Waals surface area contributed by atoms with Crippen molar-refractivity contribution in [3.8, 4) is 23.0 Å². The molecule has 39 heavy (non-hydrogen) atoms. The van der Waals surface area contributed by atoms with Crippen LogP contribution in [0.15, 0.2) is 59.1 Å². The summed E-state index contributed by atoms with van der Waals surface area (Å²) in [4.78, 5) is 21.8. The molecule has 1 saturated carbocycles. The Morgan fingerprint density at radius 2 is 1.82 bits per heavy atom. The van der Waals surface area contributed by atoms with Gasteiger partial charge in [0.1, 0.15) is 0 Å². The minimum Gasteiger partial charge on any atom is -0.395 e. The molecule has 202 valence electrons. The summed E-state index contributed by atoms with van der Waals surface area (Å²) in [6.07, 6.45) is 3.20. The van der Waals surface area contributed by atoms with Crippen LogP contribution in [-0.2, 0) is 12.0 Å². The Kier molecular flexibility index (Phi) is 6.78. The van der Waals surface area contributed by atoms with Crippen LogP contribution in [0.4, 0.5) is 0 Å². The van der Waals surface area contributed by atoms with Crippen molar-refractivity contribution in [1.29, 1.82) is 0 Å². The molecule has 3 heterocycles. The number of likely N-dealkylation sites (N-methyl/N-ethyl adjacent to an activating group) is 1. The van der Waals surface area contributed by atoms with Gasteiger partial charge in [-0.1, -0.05) is 48.0 Å². The highest BCUT2D eigenvalue weighted by Crippen LogP contribution is 2.43. The molecular weight excluding hydrogens is 492 g/mol. The summed E-state index contributed by atoms with van der Waals surface area (Å²) in [7, 11) is 2.08. The van der Waals surface area contributed by atoms with Gasteiger partial charge in [0.2, 0.25) is 5.82 Å². The predicted molar refractivity (Wildman–Crippen MR) is 147 cm³/mol. The van der Waals surface area contributed by atoms with E-state index in [2.05, 4.69) is 34.2 Å². The topological polar surface area (TPSA) is 101 Å².